The molecule has 1 atom stereocenters. The number of benzene rings is 1. The van der Waals surface area contributed by atoms with Gasteiger partial charge in [0.15, 0.2) is 0 Å². The van der Waals surface area contributed by atoms with Crippen molar-refractivity contribution in [2.24, 2.45) is 0 Å². The summed E-state index contributed by atoms with van der Waals surface area (Å²) in [5.41, 5.74) is 0.514. The van der Waals surface area contributed by atoms with Gasteiger partial charge >= 0.3 is 0 Å². The third-order valence-corrected chi connectivity index (χ3v) is 6.12. The van der Waals surface area contributed by atoms with Gasteiger partial charge in [-0.1, -0.05) is 18.5 Å². The highest BCUT2D eigenvalue weighted by molar-refractivity contribution is 7.89. The number of amides is 1. The maximum absolute atomic E-state index is 12.5. The molecule has 0 unspecified atom stereocenters. The van der Waals surface area contributed by atoms with Gasteiger partial charge in [-0.25, -0.2) is 8.42 Å². The van der Waals surface area contributed by atoms with Gasteiger partial charge < -0.3 is 10.1 Å². The fourth-order valence-corrected chi connectivity index (χ4v) is 4.68. The molecule has 1 N–H and O–H groups in total. The number of nitrogens with zero attached hydrogens (tertiary/aromatic N) is 1. The number of rotatable bonds is 6. The minimum absolute atomic E-state index is 0.0607. The number of ether oxygens (including phenoxy) is 1. The van der Waals surface area contributed by atoms with Crippen LogP contribution in [0.1, 0.15) is 26.2 Å². The van der Waals surface area contributed by atoms with Crippen molar-refractivity contribution >= 4 is 33.2 Å². The molecule has 1 fully saturated rings. The standard InChI is InChI=1S/C15H21ClN2O4S/c1-3-9-23(20,21)18-8-4-5-13(18)15(19)17-11-6-7-14(22-2)12(16)10-11/h6-7,10,13H,3-5,8-9H2,1-2H3,(H,17,19)/t13-/m1/s1. The van der Waals surface area contributed by atoms with Crippen LogP contribution < -0.4 is 10.1 Å². The second-order valence-electron chi connectivity index (χ2n) is 5.42. The van der Waals surface area contributed by atoms with Crippen LogP contribution in [0.25, 0.3) is 0 Å². The molecule has 1 aliphatic heterocycles. The Morgan fingerprint density at radius 2 is 2.22 bits per heavy atom. The molecule has 0 aliphatic carbocycles. The second kappa shape index (κ2) is 7.51. The van der Waals surface area contributed by atoms with E-state index in [1.807, 2.05) is 6.92 Å². The van der Waals surface area contributed by atoms with Crippen LogP contribution in [0.3, 0.4) is 0 Å². The molecule has 1 heterocycles. The first kappa shape index (κ1) is 18.0. The van der Waals surface area contributed by atoms with Crippen molar-refractivity contribution in [3.8, 4) is 5.75 Å². The summed E-state index contributed by atoms with van der Waals surface area (Å²) < 4.78 is 30.9. The van der Waals surface area contributed by atoms with Gasteiger partial charge in [0, 0.05) is 12.2 Å². The molecule has 0 bridgehead atoms. The lowest BCUT2D eigenvalue weighted by Gasteiger charge is -2.23. The first-order valence-electron chi connectivity index (χ1n) is 7.53. The molecular formula is C15H21ClN2O4S. The van der Waals surface area contributed by atoms with Crippen LogP contribution in [0.2, 0.25) is 5.02 Å². The molecule has 0 aromatic heterocycles. The number of sulfonamides is 1. The molecule has 1 amide bonds. The van der Waals surface area contributed by atoms with Crippen molar-refractivity contribution in [2.45, 2.75) is 32.2 Å². The maximum atomic E-state index is 12.5. The zero-order chi connectivity index (χ0) is 17.0. The lowest BCUT2D eigenvalue weighted by atomic mass is 10.2. The molecule has 1 aromatic rings. The third-order valence-electron chi connectivity index (χ3n) is 3.75. The van der Waals surface area contributed by atoms with E-state index in [1.54, 1.807) is 18.2 Å². The second-order valence-corrected chi connectivity index (χ2v) is 7.87. The van der Waals surface area contributed by atoms with E-state index in [9.17, 15) is 13.2 Å². The normalized spacial score (nSPS) is 18.8. The molecule has 128 valence electrons. The first-order valence-corrected chi connectivity index (χ1v) is 9.51. The Kier molecular flexibility index (Phi) is 5.89. The smallest absolute Gasteiger partial charge is 0.242 e. The largest absolute Gasteiger partial charge is 0.495 e. The lowest BCUT2D eigenvalue weighted by Crippen LogP contribution is -2.44. The van der Waals surface area contributed by atoms with Crippen LogP contribution in [0.5, 0.6) is 5.75 Å². The summed E-state index contributed by atoms with van der Waals surface area (Å²) in [6.45, 7) is 2.20. The molecule has 0 spiro atoms. The fraction of sp³-hybridized carbons (Fsp3) is 0.533. The summed E-state index contributed by atoms with van der Waals surface area (Å²) in [7, 11) is -1.88. The van der Waals surface area contributed by atoms with Crippen molar-refractivity contribution in [1.29, 1.82) is 0 Å². The third kappa shape index (κ3) is 4.16. The van der Waals surface area contributed by atoms with Crippen molar-refractivity contribution in [3.63, 3.8) is 0 Å². The number of carbonyl (C=O) groups excluding carboxylic acids is 1. The van der Waals surface area contributed by atoms with Crippen LogP contribution in [0.15, 0.2) is 18.2 Å². The Morgan fingerprint density at radius 3 is 2.83 bits per heavy atom. The fourth-order valence-electron chi connectivity index (χ4n) is 2.68. The number of hydrogen-bond acceptors (Lipinski definition) is 4. The summed E-state index contributed by atoms with van der Waals surface area (Å²) >= 11 is 6.03. The molecule has 23 heavy (non-hydrogen) atoms. The topological polar surface area (TPSA) is 75.7 Å². The highest BCUT2D eigenvalue weighted by atomic mass is 35.5. The Balaban J connectivity index is 2.12. The van der Waals surface area contributed by atoms with Gasteiger partial charge in [0.1, 0.15) is 11.8 Å². The predicted octanol–water partition coefficient (Wildman–Crippen LogP) is 2.49. The summed E-state index contributed by atoms with van der Waals surface area (Å²) in [6, 6.07) is 4.24. The van der Waals surface area contributed by atoms with Gasteiger partial charge in [-0.3, -0.25) is 4.79 Å². The molecule has 0 saturated carbocycles. The highest BCUT2D eigenvalue weighted by Gasteiger charge is 2.38. The van der Waals surface area contributed by atoms with E-state index in [0.717, 1.165) is 0 Å². The Bertz CT molecular complexity index is 678. The molecular weight excluding hydrogens is 340 g/mol. The van der Waals surface area contributed by atoms with Crippen LogP contribution in [0, 0.1) is 0 Å². The summed E-state index contributed by atoms with van der Waals surface area (Å²) in [4.78, 5) is 12.5. The van der Waals surface area contributed by atoms with Crippen molar-refractivity contribution in [3.05, 3.63) is 23.2 Å². The molecule has 0 radical (unpaired) electrons. The van der Waals surface area contributed by atoms with Crippen LogP contribution >= 0.6 is 11.6 Å². The molecule has 1 saturated heterocycles. The zero-order valence-electron chi connectivity index (χ0n) is 13.2. The van der Waals surface area contributed by atoms with Gasteiger partial charge in [0.25, 0.3) is 0 Å². The quantitative estimate of drug-likeness (QED) is 0.845. The first-order chi connectivity index (χ1) is 10.9. The van der Waals surface area contributed by atoms with Crippen molar-refractivity contribution in [2.75, 3.05) is 24.7 Å². The zero-order valence-corrected chi connectivity index (χ0v) is 14.8. The number of hydrogen-bond donors (Lipinski definition) is 1. The van der Waals surface area contributed by atoms with E-state index in [0.29, 0.717) is 42.3 Å². The lowest BCUT2D eigenvalue weighted by molar-refractivity contribution is -0.119. The van der Waals surface area contributed by atoms with E-state index in [2.05, 4.69) is 5.32 Å². The van der Waals surface area contributed by atoms with Gasteiger partial charge in [-0.15, -0.1) is 0 Å². The SMILES string of the molecule is CCCS(=O)(=O)N1CCC[C@@H]1C(=O)Nc1ccc(OC)c(Cl)c1. The monoisotopic (exact) mass is 360 g/mol. The highest BCUT2D eigenvalue weighted by Crippen LogP contribution is 2.28. The van der Waals surface area contributed by atoms with Crippen molar-refractivity contribution < 1.29 is 17.9 Å². The maximum Gasteiger partial charge on any atom is 0.242 e. The number of methoxy groups -OCH3 is 1. The molecule has 8 heteroatoms. The summed E-state index contributed by atoms with van der Waals surface area (Å²) in [5.74, 6) is 0.242. The minimum Gasteiger partial charge on any atom is -0.495 e. The van der Waals surface area contributed by atoms with E-state index in [4.69, 9.17) is 16.3 Å². The summed E-state index contributed by atoms with van der Waals surface area (Å²) in [6.07, 6.45) is 1.74. The molecule has 6 nitrogen and oxygen atoms in total. The Hall–Kier alpha value is -1.31. The molecule has 1 aliphatic rings. The van der Waals surface area contributed by atoms with E-state index < -0.39 is 16.1 Å². The number of anilines is 1. The molecule has 1 aromatic carbocycles. The van der Waals surface area contributed by atoms with Crippen molar-refractivity contribution in [1.82, 2.24) is 4.31 Å². The van der Waals surface area contributed by atoms with E-state index >= 15 is 0 Å². The number of nitrogens with one attached hydrogen (secondary N) is 1. The average molecular weight is 361 g/mol. The Morgan fingerprint density at radius 1 is 1.48 bits per heavy atom. The molecule has 2 rings (SSSR count). The van der Waals surface area contributed by atoms with Crippen LogP contribution in [-0.4, -0.2) is 44.1 Å². The average Bonchev–Trinajstić information content (AvgIpc) is 2.98. The van der Waals surface area contributed by atoms with E-state index in [-0.39, 0.29) is 11.7 Å². The predicted molar refractivity (Wildman–Crippen MR) is 90.4 cm³/mol. The minimum atomic E-state index is -3.39. The van der Waals surface area contributed by atoms with E-state index in [1.165, 1.54) is 11.4 Å². The van der Waals surface area contributed by atoms with Crippen LogP contribution in [0.4, 0.5) is 5.69 Å². The van der Waals surface area contributed by atoms with Gasteiger partial charge in [0.2, 0.25) is 15.9 Å². The Labute approximate surface area is 141 Å². The van der Waals surface area contributed by atoms with Gasteiger partial charge in [-0.2, -0.15) is 4.31 Å². The summed E-state index contributed by atoms with van der Waals surface area (Å²) in [5, 5.41) is 3.12. The van der Waals surface area contributed by atoms with Gasteiger partial charge in [-0.05, 0) is 37.5 Å². The van der Waals surface area contributed by atoms with Crippen LogP contribution in [-0.2, 0) is 14.8 Å². The number of halogens is 1. The van der Waals surface area contributed by atoms with Gasteiger partial charge in [0.05, 0.1) is 17.9 Å². The number of carbonyl (C=O) groups is 1.